The first kappa shape index (κ1) is 15.4. The molecule has 0 amide bonds. The van der Waals surface area contributed by atoms with Crippen LogP contribution >= 0.6 is 0 Å². The van der Waals surface area contributed by atoms with Crippen LogP contribution in [0.5, 0.6) is 0 Å². The Morgan fingerprint density at radius 1 is 1.36 bits per heavy atom. The molecule has 0 radical (unpaired) electrons. The molecule has 0 saturated heterocycles. The van der Waals surface area contributed by atoms with Crippen molar-refractivity contribution in [3.05, 3.63) is 57.9 Å². The third kappa shape index (κ3) is 3.38. The summed E-state index contributed by atoms with van der Waals surface area (Å²) in [7, 11) is 3.57. The number of nitrogens with zero attached hydrogens (tertiary/aromatic N) is 3. The number of hydrogen-bond donors (Lipinski definition) is 0. The van der Waals surface area contributed by atoms with Gasteiger partial charge in [0.1, 0.15) is 0 Å². The summed E-state index contributed by atoms with van der Waals surface area (Å²) in [6, 6.07) is 6.33. The maximum atomic E-state index is 11.7. The van der Waals surface area contributed by atoms with Crippen molar-refractivity contribution in [3.8, 4) is 0 Å². The first-order valence-corrected chi connectivity index (χ1v) is 6.49. The van der Waals surface area contributed by atoms with Crippen LogP contribution in [-0.4, -0.2) is 35.8 Å². The van der Waals surface area contributed by atoms with Gasteiger partial charge in [-0.1, -0.05) is 12.1 Å². The Labute approximate surface area is 127 Å². The zero-order valence-corrected chi connectivity index (χ0v) is 12.4. The summed E-state index contributed by atoms with van der Waals surface area (Å²) in [5.41, 5.74) is 0.979. The number of rotatable bonds is 4. The second-order valence-electron chi connectivity index (χ2n) is 4.87. The Hall–Kier alpha value is -2.96. The quantitative estimate of drug-likeness (QED) is 0.369. The van der Waals surface area contributed by atoms with Gasteiger partial charge in [-0.3, -0.25) is 10.1 Å². The number of hydrogen-bond acceptors (Lipinski definition) is 6. The highest BCUT2D eigenvalue weighted by molar-refractivity contribution is 6.05. The number of nitro groups is 1. The molecule has 1 aromatic rings. The molecule has 1 heterocycles. The summed E-state index contributed by atoms with van der Waals surface area (Å²) in [6.07, 6.45) is 3.17. The van der Waals surface area contributed by atoms with Crippen LogP contribution in [0.1, 0.15) is 12.5 Å². The van der Waals surface area contributed by atoms with Gasteiger partial charge in [0.15, 0.2) is 11.6 Å². The van der Waals surface area contributed by atoms with Crippen LogP contribution in [-0.2, 0) is 9.53 Å². The van der Waals surface area contributed by atoms with E-state index in [2.05, 4.69) is 4.99 Å². The van der Waals surface area contributed by atoms with Gasteiger partial charge in [-0.15, -0.1) is 0 Å². The van der Waals surface area contributed by atoms with Crippen LogP contribution in [0.4, 0.5) is 5.69 Å². The summed E-state index contributed by atoms with van der Waals surface area (Å²) in [5, 5.41) is 11.2. The van der Waals surface area contributed by atoms with E-state index in [1.807, 2.05) is 0 Å². The number of nitro benzene ring substituents is 1. The maximum Gasteiger partial charge on any atom is 0.363 e. The SMILES string of the molecule is CC1=N/C(=C/C(=C/N(C)C)c2ccccc2[N+](=O)[O-])C(=O)O1. The van der Waals surface area contributed by atoms with E-state index in [1.54, 1.807) is 50.3 Å². The number of cyclic esters (lactones) is 1. The zero-order chi connectivity index (χ0) is 16.3. The minimum Gasteiger partial charge on any atom is -0.407 e. The Balaban J connectivity index is 2.57. The van der Waals surface area contributed by atoms with Crippen molar-refractivity contribution in [2.24, 2.45) is 4.99 Å². The fraction of sp³-hybridized carbons (Fsp3) is 0.200. The van der Waals surface area contributed by atoms with Crippen LogP contribution in [0.25, 0.3) is 5.57 Å². The molecule has 7 heteroatoms. The monoisotopic (exact) mass is 301 g/mol. The van der Waals surface area contributed by atoms with Crippen LogP contribution in [0.3, 0.4) is 0 Å². The summed E-state index contributed by atoms with van der Waals surface area (Å²) >= 11 is 0. The molecule has 0 spiro atoms. The highest BCUT2D eigenvalue weighted by Gasteiger charge is 2.22. The third-order valence-electron chi connectivity index (χ3n) is 2.83. The molecule has 1 aliphatic rings. The number of aliphatic imine (C=N–C) groups is 1. The number of esters is 1. The van der Waals surface area contributed by atoms with E-state index in [9.17, 15) is 14.9 Å². The number of benzene rings is 1. The standard InChI is InChI=1S/C15H15N3O4/c1-10-16-13(15(19)22-10)8-11(9-17(2)3)12-6-4-5-7-14(12)18(20)21/h4-9H,1-3H3/b11-9-,13-8+. The molecule has 0 unspecified atom stereocenters. The molecule has 2 rings (SSSR count). The van der Waals surface area contributed by atoms with Gasteiger partial charge in [0, 0.05) is 38.9 Å². The molecule has 0 N–H and O–H groups in total. The average molecular weight is 301 g/mol. The Morgan fingerprint density at radius 2 is 2.05 bits per heavy atom. The van der Waals surface area contributed by atoms with E-state index in [-0.39, 0.29) is 17.3 Å². The van der Waals surface area contributed by atoms with Gasteiger partial charge in [-0.05, 0) is 12.1 Å². The minimum absolute atomic E-state index is 0.0421. The first-order valence-electron chi connectivity index (χ1n) is 6.49. The van der Waals surface area contributed by atoms with Crippen LogP contribution < -0.4 is 0 Å². The molecule has 22 heavy (non-hydrogen) atoms. The van der Waals surface area contributed by atoms with Crippen LogP contribution in [0, 0.1) is 10.1 Å². The highest BCUT2D eigenvalue weighted by Crippen LogP contribution is 2.28. The number of allylic oxidation sites excluding steroid dienone is 2. The fourth-order valence-electron chi connectivity index (χ4n) is 2.00. The summed E-state index contributed by atoms with van der Waals surface area (Å²) in [6.45, 7) is 1.57. The Kier molecular flexibility index (Phi) is 4.36. The minimum atomic E-state index is -0.569. The van der Waals surface area contributed by atoms with Gasteiger partial charge < -0.3 is 9.64 Å². The average Bonchev–Trinajstić information content (AvgIpc) is 2.75. The number of ether oxygens (including phenoxy) is 1. The molecule has 0 fully saturated rings. The van der Waals surface area contributed by atoms with Crippen molar-refractivity contribution in [3.63, 3.8) is 0 Å². The van der Waals surface area contributed by atoms with Gasteiger partial charge in [0.25, 0.3) is 5.69 Å². The topological polar surface area (TPSA) is 85.0 Å². The van der Waals surface area contributed by atoms with Crippen molar-refractivity contribution in [2.75, 3.05) is 14.1 Å². The molecule has 114 valence electrons. The largest absolute Gasteiger partial charge is 0.407 e. The highest BCUT2D eigenvalue weighted by atomic mass is 16.6. The number of para-hydroxylation sites is 1. The smallest absolute Gasteiger partial charge is 0.363 e. The van der Waals surface area contributed by atoms with Crippen LogP contribution in [0.15, 0.2) is 47.2 Å². The van der Waals surface area contributed by atoms with E-state index in [1.165, 1.54) is 12.1 Å². The van der Waals surface area contributed by atoms with E-state index in [0.717, 1.165) is 0 Å². The normalized spacial score (nSPS) is 16.5. The van der Waals surface area contributed by atoms with E-state index in [4.69, 9.17) is 4.74 Å². The van der Waals surface area contributed by atoms with Crippen LogP contribution in [0.2, 0.25) is 0 Å². The van der Waals surface area contributed by atoms with E-state index in [0.29, 0.717) is 11.1 Å². The van der Waals surface area contributed by atoms with Gasteiger partial charge in [-0.2, -0.15) is 0 Å². The second kappa shape index (κ2) is 6.21. The molecule has 0 bridgehead atoms. The fourth-order valence-corrected chi connectivity index (χ4v) is 2.00. The molecule has 0 atom stereocenters. The third-order valence-corrected chi connectivity index (χ3v) is 2.83. The summed E-state index contributed by atoms with van der Waals surface area (Å²) < 4.78 is 4.86. The molecular formula is C15H15N3O4. The molecule has 1 aliphatic heterocycles. The Bertz CT molecular complexity index is 717. The molecule has 0 aliphatic carbocycles. The summed E-state index contributed by atoms with van der Waals surface area (Å²) in [4.78, 5) is 28.1. The van der Waals surface area contributed by atoms with Crippen molar-refractivity contribution in [2.45, 2.75) is 6.92 Å². The molecule has 0 saturated carbocycles. The second-order valence-corrected chi connectivity index (χ2v) is 4.87. The molecule has 1 aromatic carbocycles. The molecular weight excluding hydrogens is 286 g/mol. The van der Waals surface area contributed by atoms with Crippen molar-refractivity contribution >= 4 is 23.1 Å². The van der Waals surface area contributed by atoms with E-state index < -0.39 is 10.9 Å². The number of carbonyl (C=O) groups excluding carboxylic acids is 1. The van der Waals surface area contributed by atoms with Gasteiger partial charge in [0.05, 0.1) is 10.5 Å². The lowest BCUT2D eigenvalue weighted by Crippen LogP contribution is -2.05. The van der Waals surface area contributed by atoms with Crippen molar-refractivity contribution in [1.82, 2.24) is 4.90 Å². The zero-order valence-electron chi connectivity index (χ0n) is 12.4. The predicted molar refractivity (Wildman–Crippen MR) is 82.0 cm³/mol. The lowest BCUT2D eigenvalue weighted by Gasteiger charge is -2.10. The van der Waals surface area contributed by atoms with Crippen molar-refractivity contribution in [1.29, 1.82) is 0 Å². The first-order chi connectivity index (χ1) is 10.4. The Morgan fingerprint density at radius 3 is 2.59 bits per heavy atom. The predicted octanol–water partition coefficient (Wildman–Crippen LogP) is 2.36. The maximum absolute atomic E-state index is 11.7. The molecule has 7 nitrogen and oxygen atoms in total. The van der Waals surface area contributed by atoms with Gasteiger partial charge in [-0.25, -0.2) is 9.79 Å². The van der Waals surface area contributed by atoms with Gasteiger partial charge in [0.2, 0.25) is 0 Å². The summed E-state index contributed by atoms with van der Waals surface area (Å²) in [5.74, 6) is -0.316. The van der Waals surface area contributed by atoms with E-state index >= 15 is 0 Å². The lowest BCUT2D eigenvalue weighted by molar-refractivity contribution is -0.385. The van der Waals surface area contributed by atoms with Crippen molar-refractivity contribution < 1.29 is 14.5 Å². The lowest BCUT2D eigenvalue weighted by atomic mass is 10.0. The number of carbonyl (C=O) groups is 1. The molecule has 0 aromatic heterocycles. The van der Waals surface area contributed by atoms with Gasteiger partial charge >= 0.3 is 5.97 Å².